The number of carbonyl (C=O) groups excluding carboxylic acids is 1. The number of aryl methyl sites for hydroxylation is 1. The smallest absolute Gasteiger partial charge is 0.224 e. The fourth-order valence-corrected chi connectivity index (χ4v) is 3.98. The Labute approximate surface area is 195 Å². The SMILES string of the molecule is O=C(CCCc1ccncc1)N1CCCCCCOc2ccccc2Oc2ncccc2C1. The lowest BCUT2D eigenvalue weighted by atomic mass is 10.1. The van der Waals surface area contributed by atoms with Crippen LogP contribution in [0.25, 0.3) is 0 Å². The summed E-state index contributed by atoms with van der Waals surface area (Å²) in [6, 6.07) is 15.6. The van der Waals surface area contributed by atoms with E-state index in [4.69, 9.17) is 9.47 Å². The van der Waals surface area contributed by atoms with Gasteiger partial charge in [0.15, 0.2) is 11.5 Å². The van der Waals surface area contributed by atoms with Crippen molar-refractivity contribution in [3.63, 3.8) is 0 Å². The normalized spacial score (nSPS) is 14.7. The maximum absolute atomic E-state index is 13.2. The van der Waals surface area contributed by atoms with Gasteiger partial charge in [0.2, 0.25) is 11.8 Å². The van der Waals surface area contributed by atoms with E-state index in [1.54, 1.807) is 18.6 Å². The van der Waals surface area contributed by atoms with Crippen LogP contribution >= 0.6 is 0 Å². The summed E-state index contributed by atoms with van der Waals surface area (Å²) in [5, 5.41) is 0. The Bertz CT molecular complexity index is 1030. The lowest BCUT2D eigenvalue weighted by Gasteiger charge is -2.24. The maximum Gasteiger partial charge on any atom is 0.224 e. The third-order valence-corrected chi connectivity index (χ3v) is 5.81. The number of aromatic nitrogens is 2. The van der Waals surface area contributed by atoms with Gasteiger partial charge in [-0.05, 0) is 61.6 Å². The number of hydrogen-bond donors (Lipinski definition) is 0. The molecule has 33 heavy (non-hydrogen) atoms. The maximum atomic E-state index is 13.2. The van der Waals surface area contributed by atoms with Gasteiger partial charge in [-0.1, -0.05) is 31.0 Å². The molecule has 0 aliphatic carbocycles. The molecule has 0 N–H and O–H groups in total. The van der Waals surface area contributed by atoms with Crippen molar-refractivity contribution in [1.82, 2.24) is 14.9 Å². The number of benzene rings is 1. The quantitative estimate of drug-likeness (QED) is 0.525. The van der Waals surface area contributed by atoms with Crippen LogP contribution in [0.1, 0.15) is 49.7 Å². The standard InChI is InChI=1S/C27H31N3O3/c31-26(13-7-9-22-14-17-28-18-15-22)30-19-5-1-2-6-20-32-24-11-3-4-12-25(24)33-27-23(21-30)10-8-16-29-27/h3-4,8,10-12,14-18H,1-2,5-7,9,13,19-21H2. The van der Waals surface area contributed by atoms with E-state index in [1.165, 1.54) is 5.56 Å². The number of ether oxygens (including phenoxy) is 2. The second-order valence-corrected chi connectivity index (χ2v) is 8.30. The first-order valence-corrected chi connectivity index (χ1v) is 11.8. The van der Waals surface area contributed by atoms with Gasteiger partial charge in [0.05, 0.1) is 13.2 Å². The largest absolute Gasteiger partial charge is 0.490 e. The van der Waals surface area contributed by atoms with Crippen LogP contribution in [-0.4, -0.2) is 33.9 Å². The molecule has 6 heteroatoms. The average Bonchev–Trinajstić information content (AvgIpc) is 2.85. The lowest BCUT2D eigenvalue weighted by molar-refractivity contribution is -0.132. The van der Waals surface area contributed by atoms with E-state index in [1.807, 2.05) is 53.4 Å². The molecule has 0 unspecified atom stereocenters. The molecule has 3 heterocycles. The van der Waals surface area contributed by atoms with Crippen molar-refractivity contribution in [2.24, 2.45) is 0 Å². The molecular weight excluding hydrogens is 414 g/mol. The Morgan fingerprint density at radius 2 is 1.73 bits per heavy atom. The molecule has 1 aromatic carbocycles. The van der Waals surface area contributed by atoms with Crippen molar-refractivity contribution in [2.45, 2.75) is 51.5 Å². The highest BCUT2D eigenvalue weighted by atomic mass is 16.5. The first-order chi connectivity index (χ1) is 16.3. The van der Waals surface area contributed by atoms with Crippen molar-refractivity contribution in [3.05, 3.63) is 78.2 Å². The van der Waals surface area contributed by atoms with E-state index in [2.05, 4.69) is 9.97 Å². The zero-order chi connectivity index (χ0) is 22.7. The number of para-hydroxylation sites is 2. The fraction of sp³-hybridized carbons (Fsp3) is 0.370. The van der Waals surface area contributed by atoms with Gasteiger partial charge in [-0.3, -0.25) is 9.78 Å². The summed E-state index contributed by atoms with van der Waals surface area (Å²) >= 11 is 0. The molecule has 1 aliphatic heterocycles. The van der Waals surface area contributed by atoms with E-state index in [0.29, 0.717) is 31.2 Å². The second-order valence-electron chi connectivity index (χ2n) is 8.30. The Hall–Kier alpha value is -3.41. The molecule has 0 bridgehead atoms. The summed E-state index contributed by atoms with van der Waals surface area (Å²) in [5.74, 6) is 2.05. The number of nitrogens with zero attached hydrogens (tertiary/aromatic N) is 3. The van der Waals surface area contributed by atoms with Gasteiger partial charge in [-0.15, -0.1) is 0 Å². The summed E-state index contributed by atoms with van der Waals surface area (Å²) in [5.41, 5.74) is 2.11. The van der Waals surface area contributed by atoms with Gasteiger partial charge in [0.25, 0.3) is 0 Å². The highest BCUT2D eigenvalue weighted by molar-refractivity contribution is 5.76. The molecule has 4 rings (SSSR count). The first kappa shape index (κ1) is 22.8. The zero-order valence-electron chi connectivity index (χ0n) is 19.0. The topological polar surface area (TPSA) is 64.6 Å². The van der Waals surface area contributed by atoms with Crippen LogP contribution < -0.4 is 9.47 Å². The molecule has 6 nitrogen and oxygen atoms in total. The molecular formula is C27H31N3O3. The van der Waals surface area contributed by atoms with Crippen molar-refractivity contribution >= 4 is 5.91 Å². The Kier molecular flexibility index (Phi) is 8.28. The monoisotopic (exact) mass is 445 g/mol. The van der Waals surface area contributed by atoms with Crippen LogP contribution in [0.2, 0.25) is 0 Å². The summed E-state index contributed by atoms with van der Waals surface area (Å²) < 4.78 is 12.1. The Morgan fingerprint density at radius 1 is 0.909 bits per heavy atom. The summed E-state index contributed by atoms with van der Waals surface area (Å²) in [7, 11) is 0. The zero-order valence-corrected chi connectivity index (χ0v) is 19.0. The molecule has 1 amide bonds. The van der Waals surface area contributed by atoms with E-state index < -0.39 is 0 Å². The van der Waals surface area contributed by atoms with Gasteiger partial charge in [0, 0.05) is 37.1 Å². The van der Waals surface area contributed by atoms with Gasteiger partial charge in [0.1, 0.15) is 0 Å². The molecule has 0 atom stereocenters. The molecule has 172 valence electrons. The molecule has 1 aliphatic rings. The number of pyridine rings is 2. The highest BCUT2D eigenvalue weighted by Gasteiger charge is 2.18. The molecule has 0 spiro atoms. The number of carbonyl (C=O) groups is 1. The summed E-state index contributed by atoms with van der Waals surface area (Å²) in [6.45, 7) is 1.87. The second kappa shape index (κ2) is 12.0. The minimum atomic E-state index is 0.176. The number of amides is 1. The van der Waals surface area contributed by atoms with E-state index in [-0.39, 0.29) is 5.91 Å². The van der Waals surface area contributed by atoms with Gasteiger partial charge in [-0.2, -0.15) is 0 Å². The van der Waals surface area contributed by atoms with Gasteiger partial charge in [-0.25, -0.2) is 4.98 Å². The molecule has 0 radical (unpaired) electrons. The minimum absolute atomic E-state index is 0.176. The summed E-state index contributed by atoms with van der Waals surface area (Å²) in [4.78, 5) is 23.7. The number of fused-ring (bicyclic) bond motifs is 2. The van der Waals surface area contributed by atoms with Crippen LogP contribution in [-0.2, 0) is 17.8 Å². The summed E-state index contributed by atoms with van der Waals surface area (Å²) in [6.07, 6.45) is 11.6. The predicted molar refractivity (Wildman–Crippen MR) is 127 cm³/mol. The molecule has 3 aromatic rings. The predicted octanol–water partition coefficient (Wildman–Crippen LogP) is 5.57. The van der Waals surface area contributed by atoms with Gasteiger partial charge < -0.3 is 14.4 Å². The molecule has 2 aromatic heterocycles. The van der Waals surface area contributed by atoms with Gasteiger partial charge >= 0.3 is 0 Å². The Morgan fingerprint density at radius 3 is 2.61 bits per heavy atom. The number of rotatable bonds is 4. The van der Waals surface area contributed by atoms with Crippen LogP contribution in [0, 0.1) is 0 Å². The van der Waals surface area contributed by atoms with Crippen LogP contribution in [0.15, 0.2) is 67.1 Å². The van der Waals surface area contributed by atoms with E-state index in [9.17, 15) is 4.79 Å². The van der Waals surface area contributed by atoms with Crippen LogP contribution in [0.3, 0.4) is 0 Å². The van der Waals surface area contributed by atoms with Crippen molar-refractivity contribution in [2.75, 3.05) is 13.2 Å². The lowest BCUT2D eigenvalue weighted by Crippen LogP contribution is -2.31. The Balaban J connectivity index is 1.49. The van der Waals surface area contributed by atoms with Crippen LogP contribution in [0.4, 0.5) is 0 Å². The van der Waals surface area contributed by atoms with Crippen LogP contribution in [0.5, 0.6) is 17.4 Å². The van der Waals surface area contributed by atoms with Crippen molar-refractivity contribution < 1.29 is 14.3 Å². The fourth-order valence-electron chi connectivity index (χ4n) is 3.98. The first-order valence-electron chi connectivity index (χ1n) is 11.8. The number of hydrogen-bond acceptors (Lipinski definition) is 5. The average molecular weight is 446 g/mol. The minimum Gasteiger partial charge on any atom is -0.490 e. The van der Waals surface area contributed by atoms with E-state index >= 15 is 0 Å². The van der Waals surface area contributed by atoms with Crippen molar-refractivity contribution in [3.8, 4) is 17.4 Å². The molecule has 0 saturated heterocycles. The highest BCUT2D eigenvalue weighted by Crippen LogP contribution is 2.32. The molecule has 0 saturated carbocycles. The van der Waals surface area contributed by atoms with Crippen molar-refractivity contribution in [1.29, 1.82) is 0 Å². The third-order valence-electron chi connectivity index (χ3n) is 5.81. The third kappa shape index (κ3) is 6.78. The molecule has 0 fully saturated rings. The van der Waals surface area contributed by atoms with E-state index in [0.717, 1.165) is 56.4 Å².